The fraction of sp³-hybridized carbons (Fsp3) is 0.526. The number of fused-ring (bicyclic) bond motifs is 1. The number of hydrogen-bond donors (Lipinski definition) is 2. The maximum absolute atomic E-state index is 11.2. The van der Waals surface area contributed by atoms with E-state index in [0.717, 1.165) is 23.9 Å². The van der Waals surface area contributed by atoms with Gasteiger partial charge in [0, 0.05) is 17.1 Å². The van der Waals surface area contributed by atoms with Crippen molar-refractivity contribution < 1.29 is 9.90 Å². The highest BCUT2D eigenvalue weighted by atomic mass is 16.4. The molecule has 3 heteroatoms. The van der Waals surface area contributed by atoms with Gasteiger partial charge in [0.05, 0.1) is 6.42 Å². The number of carbonyl (C=O) groups is 1. The molecule has 0 saturated carbocycles. The molecule has 0 radical (unpaired) electrons. The smallest absolute Gasteiger partial charge is 0.303 e. The van der Waals surface area contributed by atoms with Crippen LogP contribution in [0.5, 0.6) is 0 Å². The first-order chi connectivity index (χ1) is 10.7. The van der Waals surface area contributed by atoms with E-state index in [1.807, 2.05) is 24.4 Å². The normalized spacial score (nSPS) is 12.6. The second-order valence-corrected chi connectivity index (χ2v) is 6.14. The Bertz CT molecular complexity index is 588. The monoisotopic (exact) mass is 301 g/mol. The zero-order chi connectivity index (χ0) is 15.8. The third kappa shape index (κ3) is 4.62. The molecule has 0 aliphatic heterocycles. The number of aromatic amines is 1. The number of hydrogen-bond acceptors (Lipinski definition) is 1. The molecule has 2 aromatic rings. The Morgan fingerprint density at radius 2 is 1.86 bits per heavy atom. The lowest BCUT2D eigenvalue weighted by atomic mass is 9.90. The van der Waals surface area contributed by atoms with Crippen LogP contribution in [-0.4, -0.2) is 16.1 Å². The first-order valence-electron chi connectivity index (χ1n) is 8.50. The summed E-state index contributed by atoms with van der Waals surface area (Å²) in [5.74, 6) is -0.596. The Hall–Kier alpha value is -1.77. The van der Waals surface area contributed by atoms with Crippen molar-refractivity contribution in [1.82, 2.24) is 4.98 Å². The largest absolute Gasteiger partial charge is 0.481 e. The van der Waals surface area contributed by atoms with Gasteiger partial charge in [-0.05, 0) is 24.0 Å². The van der Waals surface area contributed by atoms with Crippen molar-refractivity contribution >= 4 is 16.9 Å². The molecule has 0 saturated heterocycles. The Morgan fingerprint density at radius 3 is 2.64 bits per heavy atom. The average Bonchev–Trinajstić information content (AvgIpc) is 2.93. The molecule has 0 amide bonds. The van der Waals surface area contributed by atoms with Gasteiger partial charge in [0.1, 0.15) is 0 Å². The first kappa shape index (κ1) is 16.6. The number of rotatable bonds is 10. The molecule has 3 nitrogen and oxygen atoms in total. The van der Waals surface area contributed by atoms with E-state index in [0.29, 0.717) is 0 Å². The number of carboxylic acids is 1. The van der Waals surface area contributed by atoms with Gasteiger partial charge in [0.25, 0.3) is 0 Å². The van der Waals surface area contributed by atoms with Crippen LogP contribution in [0, 0.1) is 0 Å². The van der Waals surface area contributed by atoms with Crippen LogP contribution >= 0.6 is 0 Å². The summed E-state index contributed by atoms with van der Waals surface area (Å²) in [6.45, 7) is 2.22. The van der Waals surface area contributed by atoms with E-state index in [2.05, 4.69) is 18.0 Å². The van der Waals surface area contributed by atoms with E-state index in [9.17, 15) is 9.90 Å². The molecule has 0 spiro atoms. The van der Waals surface area contributed by atoms with Gasteiger partial charge in [-0.25, -0.2) is 0 Å². The lowest BCUT2D eigenvalue weighted by molar-refractivity contribution is -0.137. The zero-order valence-electron chi connectivity index (χ0n) is 13.5. The van der Waals surface area contributed by atoms with Crippen LogP contribution in [0.3, 0.4) is 0 Å². The molecular weight excluding hydrogens is 274 g/mol. The lowest BCUT2D eigenvalue weighted by Crippen LogP contribution is -2.06. The van der Waals surface area contributed by atoms with Gasteiger partial charge < -0.3 is 10.1 Å². The second-order valence-electron chi connectivity index (χ2n) is 6.14. The van der Waals surface area contributed by atoms with Crippen LogP contribution in [0.4, 0.5) is 0 Å². The summed E-state index contributed by atoms with van der Waals surface area (Å²) in [6, 6.07) is 8.14. The van der Waals surface area contributed by atoms with Crippen molar-refractivity contribution in [3.05, 3.63) is 36.0 Å². The number of benzene rings is 1. The second kappa shape index (κ2) is 8.62. The molecule has 120 valence electrons. The number of unbranched alkanes of at least 4 members (excludes halogenated alkanes) is 5. The number of aromatic nitrogens is 1. The standard InChI is InChI=1S/C19H27NO2/c1-2-3-4-5-6-7-10-15(13-19(21)22)17-14-20-18-12-9-8-11-16(17)18/h8-9,11-12,14-15,20H,2-7,10,13H2,1H3,(H,21,22). The molecule has 2 N–H and O–H groups in total. The van der Waals surface area contributed by atoms with Crippen molar-refractivity contribution in [2.75, 3.05) is 0 Å². The van der Waals surface area contributed by atoms with E-state index >= 15 is 0 Å². The minimum absolute atomic E-state index is 0.111. The molecule has 0 fully saturated rings. The third-order valence-electron chi connectivity index (χ3n) is 4.39. The van der Waals surface area contributed by atoms with E-state index in [1.54, 1.807) is 0 Å². The van der Waals surface area contributed by atoms with E-state index in [4.69, 9.17) is 0 Å². The van der Waals surface area contributed by atoms with Gasteiger partial charge >= 0.3 is 5.97 Å². The predicted octanol–water partition coefficient (Wildman–Crippen LogP) is 5.48. The highest BCUT2D eigenvalue weighted by molar-refractivity contribution is 5.84. The molecule has 1 aromatic heterocycles. The van der Waals surface area contributed by atoms with Gasteiger partial charge in [-0.3, -0.25) is 4.79 Å². The number of nitrogens with one attached hydrogen (secondary N) is 1. The van der Waals surface area contributed by atoms with Crippen molar-refractivity contribution in [3.63, 3.8) is 0 Å². The summed E-state index contributed by atoms with van der Waals surface area (Å²) in [6.07, 6.45) is 10.6. The molecule has 1 aromatic carbocycles. The predicted molar refractivity (Wildman–Crippen MR) is 91.3 cm³/mol. The van der Waals surface area contributed by atoms with Crippen LogP contribution in [0.15, 0.2) is 30.5 Å². The molecule has 1 unspecified atom stereocenters. The number of H-pyrrole nitrogens is 1. The van der Waals surface area contributed by atoms with Crippen LogP contribution in [0.2, 0.25) is 0 Å². The number of carboxylic acid groups (broad SMARTS) is 1. The highest BCUT2D eigenvalue weighted by Gasteiger charge is 2.18. The quantitative estimate of drug-likeness (QED) is 0.571. The van der Waals surface area contributed by atoms with Crippen molar-refractivity contribution in [3.8, 4) is 0 Å². The Kier molecular flexibility index (Phi) is 6.50. The summed E-state index contributed by atoms with van der Waals surface area (Å²) in [4.78, 5) is 14.5. The van der Waals surface area contributed by atoms with Gasteiger partial charge in [0.15, 0.2) is 0 Å². The fourth-order valence-corrected chi connectivity index (χ4v) is 3.18. The SMILES string of the molecule is CCCCCCCCC(CC(=O)O)c1c[nH]c2ccccc12. The van der Waals surface area contributed by atoms with Crippen molar-refractivity contribution in [2.24, 2.45) is 0 Å². The molecular formula is C19H27NO2. The maximum Gasteiger partial charge on any atom is 0.303 e. The summed E-state index contributed by atoms with van der Waals surface area (Å²) in [5, 5.41) is 10.4. The molecule has 0 aliphatic carbocycles. The molecule has 1 heterocycles. The molecule has 0 bridgehead atoms. The third-order valence-corrected chi connectivity index (χ3v) is 4.39. The van der Waals surface area contributed by atoms with Crippen LogP contribution < -0.4 is 0 Å². The Balaban J connectivity index is 1.98. The number of aliphatic carboxylic acids is 1. The van der Waals surface area contributed by atoms with Gasteiger partial charge in [-0.2, -0.15) is 0 Å². The molecule has 0 aliphatic rings. The zero-order valence-corrected chi connectivity index (χ0v) is 13.5. The molecule has 1 atom stereocenters. The fourth-order valence-electron chi connectivity index (χ4n) is 3.18. The summed E-state index contributed by atoms with van der Waals surface area (Å²) >= 11 is 0. The molecule has 2 rings (SSSR count). The Labute approximate surface area is 132 Å². The Morgan fingerprint density at radius 1 is 1.14 bits per heavy atom. The first-order valence-corrected chi connectivity index (χ1v) is 8.50. The minimum Gasteiger partial charge on any atom is -0.481 e. The highest BCUT2D eigenvalue weighted by Crippen LogP contribution is 2.32. The van der Waals surface area contributed by atoms with E-state index in [1.165, 1.54) is 37.5 Å². The van der Waals surface area contributed by atoms with Crippen molar-refractivity contribution in [2.45, 2.75) is 64.2 Å². The van der Waals surface area contributed by atoms with Gasteiger partial charge in [-0.15, -0.1) is 0 Å². The van der Waals surface area contributed by atoms with E-state index < -0.39 is 5.97 Å². The maximum atomic E-state index is 11.2. The van der Waals surface area contributed by atoms with E-state index in [-0.39, 0.29) is 12.3 Å². The van der Waals surface area contributed by atoms with Crippen molar-refractivity contribution in [1.29, 1.82) is 0 Å². The van der Waals surface area contributed by atoms with Crippen LogP contribution in [0.25, 0.3) is 10.9 Å². The van der Waals surface area contributed by atoms with Gasteiger partial charge in [0.2, 0.25) is 0 Å². The summed E-state index contributed by atoms with van der Waals surface area (Å²) < 4.78 is 0. The van der Waals surface area contributed by atoms with Gasteiger partial charge in [-0.1, -0.05) is 63.6 Å². The van der Waals surface area contributed by atoms with Crippen LogP contribution in [-0.2, 0) is 4.79 Å². The number of para-hydroxylation sites is 1. The van der Waals surface area contributed by atoms with Crippen LogP contribution in [0.1, 0.15) is 69.8 Å². The average molecular weight is 301 g/mol. The summed E-state index contributed by atoms with van der Waals surface area (Å²) in [5.41, 5.74) is 2.25. The molecule has 22 heavy (non-hydrogen) atoms. The minimum atomic E-state index is -0.707. The topological polar surface area (TPSA) is 53.1 Å². The lowest BCUT2D eigenvalue weighted by Gasteiger charge is -2.14. The summed E-state index contributed by atoms with van der Waals surface area (Å²) in [7, 11) is 0.